The number of hydrogen-bond acceptors (Lipinski definition) is 3. The Morgan fingerprint density at radius 1 is 1.50 bits per heavy atom. The van der Waals surface area contributed by atoms with Crippen molar-refractivity contribution >= 4 is 17.6 Å². The summed E-state index contributed by atoms with van der Waals surface area (Å²) in [6.45, 7) is 1.85. The van der Waals surface area contributed by atoms with Crippen LogP contribution in [0, 0.1) is 6.92 Å². The Morgan fingerprint density at radius 3 is 2.81 bits per heavy atom. The summed E-state index contributed by atoms with van der Waals surface area (Å²) >= 11 is 5.88. The van der Waals surface area contributed by atoms with Gasteiger partial charge in [0.1, 0.15) is 6.26 Å². The summed E-state index contributed by atoms with van der Waals surface area (Å²) in [6, 6.07) is 5.24. The van der Waals surface area contributed by atoms with Gasteiger partial charge in [0.25, 0.3) is 0 Å². The molecule has 5 heteroatoms. The van der Waals surface area contributed by atoms with E-state index < -0.39 is 5.97 Å². The van der Waals surface area contributed by atoms with Gasteiger partial charge in [-0.2, -0.15) is 0 Å². The first-order valence-corrected chi connectivity index (χ1v) is 4.91. The van der Waals surface area contributed by atoms with Crippen LogP contribution < -0.4 is 0 Å². The maximum absolute atomic E-state index is 10.6. The second kappa shape index (κ2) is 3.98. The predicted octanol–water partition coefficient (Wildman–Crippen LogP) is 3.00. The molecule has 0 radical (unpaired) electrons. The van der Waals surface area contributed by atoms with Crippen molar-refractivity contribution < 1.29 is 14.3 Å². The van der Waals surface area contributed by atoms with E-state index in [4.69, 9.17) is 21.1 Å². The van der Waals surface area contributed by atoms with Crippen LogP contribution in [-0.4, -0.2) is 16.1 Å². The number of hydrogen-bond donors (Lipinski definition) is 1. The molecule has 82 valence electrons. The number of carbonyl (C=O) groups is 1. The minimum Gasteiger partial charge on any atom is -0.476 e. The number of halogens is 1. The van der Waals surface area contributed by atoms with E-state index in [0.717, 1.165) is 11.8 Å². The lowest BCUT2D eigenvalue weighted by Crippen LogP contribution is -1.95. The molecule has 0 fully saturated rings. The van der Waals surface area contributed by atoms with Gasteiger partial charge in [-0.1, -0.05) is 11.6 Å². The molecule has 0 atom stereocenters. The van der Waals surface area contributed by atoms with Crippen molar-refractivity contribution in [3.63, 3.8) is 0 Å². The highest BCUT2D eigenvalue weighted by molar-refractivity contribution is 6.31. The molecular formula is C11H8ClNO3. The van der Waals surface area contributed by atoms with Crippen LogP contribution in [-0.2, 0) is 0 Å². The quantitative estimate of drug-likeness (QED) is 0.872. The number of carboxylic acid groups (broad SMARTS) is 1. The summed E-state index contributed by atoms with van der Waals surface area (Å²) in [5.74, 6) is -0.835. The predicted molar refractivity (Wildman–Crippen MR) is 58.6 cm³/mol. The molecule has 0 aliphatic heterocycles. The third-order valence-electron chi connectivity index (χ3n) is 2.13. The molecule has 16 heavy (non-hydrogen) atoms. The van der Waals surface area contributed by atoms with Gasteiger partial charge in [-0.15, -0.1) is 0 Å². The Labute approximate surface area is 96.5 Å². The van der Waals surface area contributed by atoms with Crippen molar-refractivity contribution in [2.45, 2.75) is 6.92 Å². The van der Waals surface area contributed by atoms with Gasteiger partial charge in [0, 0.05) is 10.6 Å². The number of carboxylic acids is 1. The van der Waals surface area contributed by atoms with Gasteiger partial charge in [-0.05, 0) is 30.7 Å². The fraction of sp³-hybridized carbons (Fsp3) is 0.0909. The molecule has 0 amide bonds. The summed E-state index contributed by atoms with van der Waals surface area (Å²) in [4.78, 5) is 14.5. The summed E-state index contributed by atoms with van der Waals surface area (Å²) in [6.07, 6.45) is 1.11. The van der Waals surface area contributed by atoms with Crippen LogP contribution in [0.5, 0.6) is 0 Å². The van der Waals surface area contributed by atoms with Crippen molar-refractivity contribution in [3.8, 4) is 11.5 Å². The summed E-state index contributed by atoms with van der Waals surface area (Å²) in [7, 11) is 0. The van der Waals surface area contributed by atoms with Gasteiger partial charge in [-0.3, -0.25) is 0 Å². The zero-order chi connectivity index (χ0) is 11.7. The monoisotopic (exact) mass is 237 g/mol. The molecule has 0 spiro atoms. The minimum absolute atomic E-state index is 0.109. The van der Waals surface area contributed by atoms with E-state index in [1.807, 2.05) is 6.92 Å². The molecule has 1 heterocycles. The number of aryl methyl sites for hydroxylation is 1. The summed E-state index contributed by atoms with van der Waals surface area (Å²) in [5, 5.41) is 9.35. The van der Waals surface area contributed by atoms with Gasteiger partial charge in [0.2, 0.25) is 5.89 Å². The zero-order valence-corrected chi connectivity index (χ0v) is 9.15. The molecule has 2 rings (SSSR count). The first-order valence-electron chi connectivity index (χ1n) is 4.53. The van der Waals surface area contributed by atoms with E-state index >= 15 is 0 Å². The number of nitrogens with zero attached hydrogens (tertiary/aromatic N) is 1. The Morgan fingerprint density at radius 2 is 2.25 bits per heavy atom. The fourth-order valence-electron chi connectivity index (χ4n) is 1.28. The lowest BCUT2D eigenvalue weighted by Gasteiger charge is -1.99. The molecule has 1 aromatic carbocycles. The van der Waals surface area contributed by atoms with Crippen LogP contribution in [0.15, 0.2) is 28.9 Å². The number of oxazole rings is 1. The number of benzene rings is 1. The smallest absolute Gasteiger partial charge is 0.357 e. The second-order valence-electron chi connectivity index (χ2n) is 3.31. The highest BCUT2D eigenvalue weighted by atomic mass is 35.5. The first kappa shape index (κ1) is 10.7. The average Bonchev–Trinajstić information content (AvgIpc) is 2.71. The topological polar surface area (TPSA) is 63.3 Å². The molecule has 0 saturated carbocycles. The van der Waals surface area contributed by atoms with Gasteiger partial charge < -0.3 is 9.52 Å². The Bertz CT molecular complexity index is 548. The van der Waals surface area contributed by atoms with Gasteiger partial charge in [-0.25, -0.2) is 9.78 Å². The van der Waals surface area contributed by atoms with Crippen molar-refractivity contribution in [1.82, 2.24) is 4.98 Å². The standard InChI is InChI=1S/C11H8ClNO3/c1-6-4-7(2-3-8(6)12)10-13-9(5-16-10)11(14)15/h2-5H,1H3,(H,14,15). The lowest BCUT2D eigenvalue weighted by atomic mass is 10.1. The molecule has 4 nitrogen and oxygen atoms in total. The molecule has 2 aromatic rings. The van der Waals surface area contributed by atoms with E-state index in [9.17, 15) is 4.79 Å². The maximum Gasteiger partial charge on any atom is 0.357 e. The third kappa shape index (κ3) is 1.92. The molecular weight excluding hydrogens is 230 g/mol. The Balaban J connectivity index is 2.42. The van der Waals surface area contributed by atoms with Crippen molar-refractivity contribution in [3.05, 3.63) is 40.7 Å². The maximum atomic E-state index is 10.6. The third-order valence-corrected chi connectivity index (χ3v) is 2.55. The van der Waals surface area contributed by atoms with Gasteiger partial charge >= 0.3 is 5.97 Å². The molecule has 0 aliphatic carbocycles. The van der Waals surface area contributed by atoms with Crippen LogP contribution in [0.4, 0.5) is 0 Å². The zero-order valence-electron chi connectivity index (χ0n) is 8.40. The highest BCUT2D eigenvalue weighted by Crippen LogP contribution is 2.24. The minimum atomic E-state index is -1.11. The number of aromatic nitrogens is 1. The first-order chi connectivity index (χ1) is 7.58. The average molecular weight is 238 g/mol. The van der Waals surface area contributed by atoms with E-state index in [0.29, 0.717) is 10.6 Å². The van der Waals surface area contributed by atoms with E-state index in [1.54, 1.807) is 18.2 Å². The molecule has 0 saturated heterocycles. The van der Waals surface area contributed by atoms with Crippen LogP contribution in [0.3, 0.4) is 0 Å². The lowest BCUT2D eigenvalue weighted by molar-refractivity contribution is 0.0690. The Kier molecular flexibility index (Phi) is 2.66. The SMILES string of the molecule is Cc1cc(-c2nc(C(=O)O)co2)ccc1Cl. The molecule has 0 unspecified atom stereocenters. The molecule has 0 bridgehead atoms. The Hall–Kier alpha value is -1.81. The highest BCUT2D eigenvalue weighted by Gasteiger charge is 2.12. The van der Waals surface area contributed by atoms with Crippen LogP contribution >= 0.6 is 11.6 Å². The summed E-state index contributed by atoms with van der Waals surface area (Å²) < 4.78 is 5.07. The fourth-order valence-corrected chi connectivity index (χ4v) is 1.40. The molecule has 1 N–H and O–H groups in total. The summed E-state index contributed by atoms with van der Waals surface area (Å²) in [5.41, 5.74) is 1.48. The van der Waals surface area contributed by atoms with E-state index in [2.05, 4.69) is 4.98 Å². The van der Waals surface area contributed by atoms with E-state index in [1.165, 1.54) is 0 Å². The number of aromatic carboxylic acids is 1. The van der Waals surface area contributed by atoms with E-state index in [-0.39, 0.29) is 11.6 Å². The largest absolute Gasteiger partial charge is 0.476 e. The number of rotatable bonds is 2. The van der Waals surface area contributed by atoms with Gasteiger partial charge in [0.15, 0.2) is 5.69 Å². The molecule has 0 aliphatic rings. The molecule has 1 aromatic heterocycles. The normalized spacial score (nSPS) is 10.4. The van der Waals surface area contributed by atoms with Gasteiger partial charge in [0.05, 0.1) is 0 Å². The van der Waals surface area contributed by atoms with Crippen LogP contribution in [0.1, 0.15) is 16.1 Å². The van der Waals surface area contributed by atoms with Crippen LogP contribution in [0.25, 0.3) is 11.5 Å². The van der Waals surface area contributed by atoms with Crippen LogP contribution in [0.2, 0.25) is 5.02 Å². The van der Waals surface area contributed by atoms with Crippen molar-refractivity contribution in [1.29, 1.82) is 0 Å². The van der Waals surface area contributed by atoms with Crippen molar-refractivity contribution in [2.24, 2.45) is 0 Å². The van der Waals surface area contributed by atoms with Crippen molar-refractivity contribution in [2.75, 3.05) is 0 Å². The second-order valence-corrected chi connectivity index (χ2v) is 3.71.